The van der Waals surface area contributed by atoms with E-state index in [0.717, 1.165) is 0 Å². The largest absolute Gasteiger partial charge is 0.368 e. The number of anilines is 2. The van der Waals surface area contributed by atoms with Gasteiger partial charge in [-0.25, -0.2) is 23.8 Å². The van der Waals surface area contributed by atoms with Gasteiger partial charge in [-0.05, 0) is 38.0 Å². The van der Waals surface area contributed by atoms with Crippen molar-refractivity contribution in [2.24, 2.45) is 0 Å². The first-order chi connectivity index (χ1) is 16.8. The molecule has 168 valence electrons. The number of hydrogen-bond donors (Lipinski definition) is 2. The number of nitrogens with one attached hydrogen (secondary N) is 2. The van der Waals surface area contributed by atoms with Crippen LogP contribution in [0.25, 0.3) is 5.82 Å². The SMILES string of the molecule is [2H]C([2H])([2H])c1nc(-n2cccn2)ccc1N1CCN(Cc2ccnc(NC(=O)NCC)c2F)CC1. The molecule has 0 bridgehead atoms. The fraction of sp³-hybridized carbons (Fsp3) is 0.364. The Balaban J connectivity index is 1.45. The minimum atomic E-state index is -2.39. The van der Waals surface area contributed by atoms with Crippen LogP contribution in [0.4, 0.5) is 20.7 Å². The Morgan fingerprint density at radius 2 is 2.06 bits per heavy atom. The molecule has 0 saturated carbocycles. The van der Waals surface area contributed by atoms with Crippen molar-refractivity contribution in [1.29, 1.82) is 0 Å². The summed E-state index contributed by atoms with van der Waals surface area (Å²) in [6.07, 6.45) is 4.78. The Kier molecular flexibility index (Phi) is 5.50. The quantitative estimate of drug-likeness (QED) is 0.611. The predicted molar refractivity (Wildman–Crippen MR) is 120 cm³/mol. The highest BCUT2D eigenvalue weighted by Gasteiger charge is 2.21. The summed E-state index contributed by atoms with van der Waals surface area (Å²) in [5, 5.41) is 9.10. The number of hydrogen-bond acceptors (Lipinski definition) is 6. The van der Waals surface area contributed by atoms with Gasteiger partial charge in [0, 0.05) is 67.5 Å². The Bertz CT molecular complexity index is 1160. The number of piperazine rings is 1. The topological polar surface area (TPSA) is 91.2 Å². The van der Waals surface area contributed by atoms with Crippen molar-refractivity contribution >= 4 is 17.5 Å². The third-order valence-corrected chi connectivity index (χ3v) is 5.24. The maximum Gasteiger partial charge on any atom is 0.320 e. The van der Waals surface area contributed by atoms with E-state index in [4.69, 9.17) is 4.11 Å². The van der Waals surface area contributed by atoms with Crippen molar-refractivity contribution in [3.05, 3.63) is 59.9 Å². The van der Waals surface area contributed by atoms with Gasteiger partial charge < -0.3 is 10.2 Å². The average molecular weight is 442 g/mol. The predicted octanol–water partition coefficient (Wildman–Crippen LogP) is 2.57. The summed E-state index contributed by atoms with van der Waals surface area (Å²) in [6.45, 7) is 2.46. The van der Waals surface area contributed by atoms with Crippen LogP contribution in [0, 0.1) is 12.7 Å². The highest BCUT2D eigenvalue weighted by Crippen LogP contribution is 2.23. The number of halogens is 1. The van der Waals surface area contributed by atoms with Gasteiger partial charge in [-0.1, -0.05) is 0 Å². The number of aryl methyl sites for hydroxylation is 1. The van der Waals surface area contributed by atoms with Crippen molar-refractivity contribution in [3.63, 3.8) is 0 Å². The minimum absolute atomic E-state index is 0.0280. The fourth-order valence-corrected chi connectivity index (χ4v) is 3.62. The van der Waals surface area contributed by atoms with Crippen LogP contribution in [0.1, 0.15) is 22.3 Å². The molecule has 1 aliphatic heterocycles. The molecular formula is C22H27FN8O. The molecule has 0 aromatic carbocycles. The molecule has 0 spiro atoms. The highest BCUT2D eigenvalue weighted by molar-refractivity contribution is 5.88. The smallest absolute Gasteiger partial charge is 0.320 e. The zero-order valence-corrected chi connectivity index (χ0v) is 17.8. The lowest BCUT2D eigenvalue weighted by molar-refractivity contribution is 0.246. The highest BCUT2D eigenvalue weighted by atomic mass is 19.1. The van der Waals surface area contributed by atoms with E-state index in [9.17, 15) is 9.18 Å². The molecule has 3 aromatic rings. The zero-order chi connectivity index (χ0) is 25.0. The lowest BCUT2D eigenvalue weighted by Gasteiger charge is -2.36. The Hall–Kier alpha value is -3.53. The van der Waals surface area contributed by atoms with Crippen LogP contribution in [-0.4, -0.2) is 63.4 Å². The number of pyridine rings is 2. The normalized spacial score (nSPS) is 16.2. The molecule has 0 atom stereocenters. The van der Waals surface area contributed by atoms with E-state index in [1.165, 1.54) is 10.9 Å². The van der Waals surface area contributed by atoms with Crippen LogP contribution in [0.2, 0.25) is 0 Å². The van der Waals surface area contributed by atoms with Crippen LogP contribution >= 0.6 is 0 Å². The van der Waals surface area contributed by atoms with E-state index in [1.54, 1.807) is 43.6 Å². The lowest BCUT2D eigenvalue weighted by Crippen LogP contribution is -2.46. The van der Waals surface area contributed by atoms with Crippen LogP contribution in [0.15, 0.2) is 42.9 Å². The number of carbonyl (C=O) groups excluding carboxylic acids is 1. The number of aromatic nitrogens is 4. The van der Waals surface area contributed by atoms with E-state index in [1.807, 2.05) is 4.90 Å². The molecule has 1 fully saturated rings. The van der Waals surface area contributed by atoms with E-state index in [-0.39, 0.29) is 11.5 Å². The Labute approximate surface area is 190 Å². The van der Waals surface area contributed by atoms with Gasteiger partial charge >= 0.3 is 6.03 Å². The molecule has 1 saturated heterocycles. The zero-order valence-electron chi connectivity index (χ0n) is 20.8. The number of urea groups is 1. The average Bonchev–Trinajstić information content (AvgIpc) is 3.37. The molecule has 1 aliphatic rings. The van der Waals surface area contributed by atoms with Gasteiger partial charge in [-0.3, -0.25) is 10.2 Å². The van der Waals surface area contributed by atoms with Crippen molar-refractivity contribution in [2.45, 2.75) is 20.3 Å². The maximum absolute atomic E-state index is 14.9. The van der Waals surface area contributed by atoms with Gasteiger partial charge in [-0.2, -0.15) is 5.10 Å². The molecule has 32 heavy (non-hydrogen) atoms. The number of amides is 2. The molecule has 0 aliphatic carbocycles. The van der Waals surface area contributed by atoms with Crippen molar-refractivity contribution in [1.82, 2.24) is 30.0 Å². The molecule has 9 nitrogen and oxygen atoms in total. The van der Waals surface area contributed by atoms with E-state index in [2.05, 4.69) is 30.6 Å². The van der Waals surface area contributed by atoms with Crippen LogP contribution < -0.4 is 15.5 Å². The van der Waals surface area contributed by atoms with Gasteiger partial charge in [0.15, 0.2) is 17.5 Å². The van der Waals surface area contributed by atoms with Crippen LogP contribution in [0.3, 0.4) is 0 Å². The van der Waals surface area contributed by atoms with E-state index >= 15 is 0 Å². The van der Waals surface area contributed by atoms with Gasteiger partial charge in [0.2, 0.25) is 0 Å². The van der Waals surface area contributed by atoms with Crippen molar-refractivity contribution in [2.75, 3.05) is 42.9 Å². The molecule has 4 rings (SSSR count). The van der Waals surface area contributed by atoms with E-state index < -0.39 is 18.7 Å². The number of rotatable bonds is 6. The molecule has 3 aromatic heterocycles. The van der Waals surface area contributed by atoms with Crippen LogP contribution in [-0.2, 0) is 6.54 Å². The standard InChI is InChI=1S/C22H27FN8O/c1-3-24-22(32)28-21-20(23)17(7-9-25-21)15-29-11-13-30(14-12-29)18-5-6-19(27-16(18)2)31-10-4-8-26-31/h4-10H,3,11-15H2,1-2H3,(H2,24,25,28,32)/i2D3. The third-order valence-electron chi connectivity index (χ3n) is 5.24. The molecule has 2 N–H and O–H groups in total. The first-order valence-electron chi connectivity index (χ1n) is 11.9. The second-order valence-electron chi connectivity index (χ2n) is 7.37. The van der Waals surface area contributed by atoms with Gasteiger partial charge in [0.05, 0.1) is 11.4 Å². The number of carbonyl (C=O) groups is 1. The third kappa shape index (κ3) is 4.86. The fourth-order valence-electron chi connectivity index (χ4n) is 3.62. The summed E-state index contributed by atoms with van der Waals surface area (Å²) in [5.41, 5.74) is 1.01. The first kappa shape index (κ1) is 18.1. The Morgan fingerprint density at radius 1 is 1.22 bits per heavy atom. The van der Waals surface area contributed by atoms with Gasteiger partial charge in [0.25, 0.3) is 0 Å². The second kappa shape index (κ2) is 9.73. The van der Waals surface area contributed by atoms with E-state index in [0.29, 0.717) is 56.3 Å². The monoisotopic (exact) mass is 441 g/mol. The summed E-state index contributed by atoms with van der Waals surface area (Å²) in [4.78, 5) is 24.1. The maximum atomic E-state index is 14.9. The lowest BCUT2D eigenvalue weighted by atomic mass is 10.2. The van der Waals surface area contributed by atoms with Gasteiger partial charge in [0.1, 0.15) is 0 Å². The summed E-state index contributed by atoms with van der Waals surface area (Å²) in [7, 11) is 0. The summed E-state index contributed by atoms with van der Waals surface area (Å²) in [5.74, 6) is -0.240. The molecule has 4 heterocycles. The first-order valence-corrected chi connectivity index (χ1v) is 10.4. The summed E-state index contributed by atoms with van der Waals surface area (Å²) < 4.78 is 40.4. The second-order valence-corrected chi connectivity index (χ2v) is 7.37. The molecule has 2 amide bonds. The van der Waals surface area contributed by atoms with Crippen molar-refractivity contribution < 1.29 is 13.3 Å². The molecule has 10 heteroatoms. The summed E-state index contributed by atoms with van der Waals surface area (Å²) in [6, 6.07) is 6.34. The molecular weight excluding hydrogens is 411 g/mol. The summed E-state index contributed by atoms with van der Waals surface area (Å²) >= 11 is 0. The Morgan fingerprint density at radius 3 is 2.78 bits per heavy atom. The number of nitrogens with zero attached hydrogens (tertiary/aromatic N) is 6. The van der Waals surface area contributed by atoms with Crippen LogP contribution in [0.5, 0.6) is 0 Å². The van der Waals surface area contributed by atoms with Gasteiger partial charge in [-0.15, -0.1) is 0 Å². The minimum Gasteiger partial charge on any atom is -0.368 e. The molecule has 0 unspecified atom stereocenters. The van der Waals surface area contributed by atoms with Crippen molar-refractivity contribution in [3.8, 4) is 5.82 Å². The molecule has 0 radical (unpaired) electrons.